The monoisotopic (exact) mass is 476 g/mol. The van der Waals surface area contributed by atoms with Crippen LogP contribution in [0.3, 0.4) is 0 Å². The van der Waals surface area contributed by atoms with Crippen LogP contribution >= 0.6 is 0 Å². The highest BCUT2D eigenvalue weighted by Gasteiger charge is 2.41. The highest BCUT2D eigenvalue weighted by atomic mass is 32.2. The number of rotatable bonds is 4. The fraction of sp³-hybridized carbons (Fsp3) is 0.609. The van der Waals surface area contributed by atoms with E-state index >= 15 is 0 Å². The quantitative estimate of drug-likeness (QED) is 0.729. The number of aromatic amines is 1. The summed E-state index contributed by atoms with van der Waals surface area (Å²) in [6, 6.07) is 3.15. The number of aromatic nitrogens is 2. The number of ether oxygens (including phenoxy) is 2. The zero-order chi connectivity index (χ0) is 23.7. The largest absolute Gasteiger partial charge is 0.488 e. The molecule has 0 amide bonds. The highest BCUT2D eigenvalue weighted by molar-refractivity contribution is 7.88. The smallest absolute Gasteiger partial charge is 0.327 e. The average Bonchev–Trinajstić information content (AvgIpc) is 3.25. The molecule has 1 aromatic carbocycles. The number of H-pyrrole nitrogens is 1. The standard InChI is InChI=1S/C23H32N4O5S/c1-13(2)22-25(4)19(14(3)32-22)15-9-10-16-20-21(15)31-12-18(27(20)23(28)24-16)17-8-6-7-11-26(17)33(5,29)30/h9-10,13,17-18,22H,6-8,11-12H2,1-5H3,(H,24,28). The number of benzene rings is 1. The molecule has 1 fully saturated rings. The summed E-state index contributed by atoms with van der Waals surface area (Å²) in [6.45, 7) is 6.89. The van der Waals surface area contributed by atoms with Crippen LogP contribution in [-0.4, -0.2) is 65.9 Å². The van der Waals surface area contributed by atoms with E-state index in [9.17, 15) is 13.2 Å². The van der Waals surface area contributed by atoms with Crippen molar-refractivity contribution in [1.29, 1.82) is 0 Å². The zero-order valence-electron chi connectivity index (χ0n) is 19.8. The van der Waals surface area contributed by atoms with E-state index in [1.54, 1.807) is 8.87 Å². The Labute approximate surface area is 194 Å². The first-order valence-corrected chi connectivity index (χ1v) is 13.4. The number of imidazole rings is 1. The van der Waals surface area contributed by atoms with Crippen molar-refractivity contribution < 1.29 is 17.9 Å². The second-order valence-corrected chi connectivity index (χ2v) is 11.7. The first-order valence-electron chi connectivity index (χ1n) is 11.6. The van der Waals surface area contributed by atoms with E-state index in [0.717, 1.165) is 29.9 Å². The lowest BCUT2D eigenvalue weighted by Crippen LogP contribution is -2.51. The molecule has 3 aliphatic heterocycles. The van der Waals surface area contributed by atoms with Crippen molar-refractivity contribution in [3.05, 3.63) is 33.9 Å². The van der Waals surface area contributed by atoms with E-state index in [2.05, 4.69) is 23.7 Å². The van der Waals surface area contributed by atoms with Crippen LogP contribution in [0.4, 0.5) is 0 Å². The van der Waals surface area contributed by atoms with Gasteiger partial charge in [-0.3, -0.25) is 4.57 Å². The Kier molecular flexibility index (Phi) is 5.28. The van der Waals surface area contributed by atoms with Crippen LogP contribution in [-0.2, 0) is 14.8 Å². The summed E-state index contributed by atoms with van der Waals surface area (Å²) in [5.41, 5.74) is 2.96. The van der Waals surface area contributed by atoms with E-state index in [4.69, 9.17) is 9.47 Å². The number of allylic oxidation sites excluding steroid dienone is 1. The van der Waals surface area contributed by atoms with E-state index in [-0.39, 0.29) is 30.6 Å². The van der Waals surface area contributed by atoms with Crippen molar-refractivity contribution in [2.45, 2.75) is 58.3 Å². The third-order valence-electron chi connectivity index (χ3n) is 7.12. The molecule has 0 spiro atoms. The van der Waals surface area contributed by atoms with Gasteiger partial charge in [-0.25, -0.2) is 13.2 Å². The van der Waals surface area contributed by atoms with Gasteiger partial charge in [0.15, 0.2) is 12.0 Å². The number of nitrogens with zero attached hydrogens (tertiary/aromatic N) is 3. The second-order valence-electron chi connectivity index (χ2n) is 9.72. The molecule has 3 aliphatic rings. The van der Waals surface area contributed by atoms with Crippen molar-refractivity contribution in [1.82, 2.24) is 18.8 Å². The summed E-state index contributed by atoms with van der Waals surface area (Å²) in [4.78, 5) is 18.2. The molecule has 2 aromatic rings. The molecule has 1 aromatic heterocycles. The molecule has 0 radical (unpaired) electrons. The van der Waals surface area contributed by atoms with Gasteiger partial charge in [-0.05, 0) is 31.9 Å². The fourth-order valence-electron chi connectivity index (χ4n) is 5.75. The molecule has 9 nitrogen and oxygen atoms in total. The lowest BCUT2D eigenvalue weighted by atomic mass is 9.96. The predicted molar refractivity (Wildman–Crippen MR) is 126 cm³/mol. The van der Waals surface area contributed by atoms with Crippen molar-refractivity contribution in [2.24, 2.45) is 5.92 Å². The Hall–Kier alpha value is -2.46. The molecule has 1 saturated heterocycles. The second kappa shape index (κ2) is 7.80. The van der Waals surface area contributed by atoms with Crippen molar-refractivity contribution in [3.8, 4) is 5.75 Å². The molecule has 0 saturated carbocycles. The van der Waals surface area contributed by atoms with Crippen molar-refractivity contribution >= 4 is 26.8 Å². The lowest BCUT2D eigenvalue weighted by Gasteiger charge is -2.40. The van der Waals surface area contributed by atoms with Gasteiger partial charge in [-0.1, -0.05) is 20.3 Å². The normalized spacial score (nSPS) is 26.2. The van der Waals surface area contributed by atoms with Gasteiger partial charge < -0.3 is 19.4 Å². The molecule has 4 heterocycles. The minimum Gasteiger partial charge on any atom is -0.488 e. The van der Waals surface area contributed by atoms with Crippen LogP contribution in [0.1, 0.15) is 51.6 Å². The minimum absolute atomic E-state index is 0.0711. The molecular formula is C23H32N4O5S. The Morgan fingerprint density at radius 2 is 1.94 bits per heavy atom. The van der Waals surface area contributed by atoms with Gasteiger partial charge in [0.25, 0.3) is 0 Å². The molecule has 5 rings (SSSR count). The van der Waals surface area contributed by atoms with Crippen LogP contribution < -0.4 is 10.4 Å². The zero-order valence-corrected chi connectivity index (χ0v) is 20.6. The minimum atomic E-state index is -3.40. The van der Waals surface area contributed by atoms with E-state index in [1.165, 1.54) is 6.26 Å². The molecule has 180 valence electrons. The number of hydrogen-bond acceptors (Lipinski definition) is 6. The van der Waals surface area contributed by atoms with Gasteiger partial charge in [0, 0.05) is 31.1 Å². The number of nitrogens with one attached hydrogen (secondary N) is 1. The maximum atomic E-state index is 13.1. The summed E-state index contributed by atoms with van der Waals surface area (Å²) >= 11 is 0. The van der Waals surface area contributed by atoms with E-state index < -0.39 is 10.0 Å². The molecule has 3 atom stereocenters. The highest BCUT2D eigenvalue weighted by Crippen LogP contribution is 2.44. The van der Waals surface area contributed by atoms with Gasteiger partial charge >= 0.3 is 5.69 Å². The summed E-state index contributed by atoms with van der Waals surface area (Å²) in [5, 5.41) is 0. The van der Waals surface area contributed by atoms with Crippen molar-refractivity contribution in [2.75, 3.05) is 26.5 Å². The van der Waals surface area contributed by atoms with E-state index in [0.29, 0.717) is 35.7 Å². The Morgan fingerprint density at radius 3 is 2.61 bits per heavy atom. The average molecular weight is 477 g/mol. The van der Waals surface area contributed by atoms with E-state index in [1.807, 2.05) is 26.1 Å². The molecular weight excluding hydrogens is 444 g/mol. The lowest BCUT2D eigenvalue weighted by molar-refractivity contribution is 0.0220. The Bertz CT molecular complexity index is 1290. The number of piperidine rings is 1. The van der Waals surface area contributed by atoms with Crippen LogP contribution in [0.15, 0.2) is 22.7 Å². The summed E-state index contributed by atoms with van der Waals surface area (Å²) in [5.74, 6) is 1.75. The maximum Gasteiger partial charge on any atom is 0.327 e. The Morgan fingerprint density at radius 1 is 1.18 bits per heavy atom. The first-order chi connectivity index (χ1) is 15.6. The van der Waals surface area contributed by atoms with Gasteiger partial charge in [-0.15, -0.1) is 0 Å². The van der Waals surface area contributed by atoms with Gasteiger partial charge in [-0.2, -0.15) is 4.31 Å². The van der Waals surface area contributed by atoms with Gasteiger partial charge in [0.1, 0.15) is 17.9 Å². The molecule has 33 heavy (non-hydrogen) atoms. The fourth-order valence-corrected chi connectivity index (χ4v) is 6.94. The van der Waals surface area contributed by atoms with Crippen LogP contribution in [0.25, 0.3) is 16.7 Å². The Balaban J connectivity index is 1.64. The van der Waals surface area contributed by atoms with Crippen LogP contribution in [0, 0.1) is 5.92 Å². The van der Waals surface area contributed by atoms with Crippen molar-refractivity contribution in [3.63, 3.8) is 0 Å². The topological polar surface area (TPSA) is 96.9 Å². The predicted octanol–water partition coefficient (Wildman–Crippen LogP) is 2.71. The summed E-state index contributed by atoms with van der Waals surface area (Å²) in [6.07, 6.45) is 3.62. The molecule has 0 bridgehead atoms. The van der Waals surface area contributed by atoms with Crippen LogP contribution in [0.2, 0.25) is 0 Å². The van der Waals surface area contributed by atoms with Gasteiger partial charge in [0.05, 0.1) is 23.5 Å². The van der Waals surface area contributed by atoms with Crippen LogP contribution in [0.5, 0.6) is 5.75 Å². The SMILES string of the molecule is CC1=C(c2ccc3[nH]c(=O)n4c3c2OCC4C2CCCCN2S(C)(=O)=O)N(C)C(C(C)C)O1. The first kappa shape index (κ1) is 22.3. The number of hydrogen-bond donors (Lipinski definition) is 1. The third kappa shape index (κ3) is 3.45. The summed E-state index contributed by atoms with van der Waals surface area (Å²) in [7, 11) is -1.39. The molecule has 10 heteroatoms. The molecule has 0 aliphatic carbocycles. The third-order valence-corrected chi connectivity index (χ3v) is 8.43. The van der Waals surface area contributed by atoms with Gasteiger partial charge in [0.2, 0.25) is 10.0 Å². The molecule has 3 unspecified atom stereocenters. The maximum absolute atomic E-state index is 13.1. The molecule has 1 N–H and O–H groups in total. The number of sulfonamides is 1. The summed E-state index contributed by atoms with van der Waals surface area (Å²) < 4.78 is 40.8.